The molecule has 0 spiro atoms. The van der Waals surface area contributed by atoms with E-state index in [0.29, 0.717) is 18.7 Å². The molecular weight excluding hydrogens is 236 g/mol. The van der Waals surface area contributed by atoms with Gasteiger partial charge in [0.25, 0.3) is 5.69 Å². The minimum absolute atomic E-state index is 0.0364. The molecule has 1 aromatic carbocycles. The summed E-state index contributed by atoms with van der Waals surface area (Å²) in [5, 5.41) is 20.2. The highest BCUT2D eigenvalue weighted by molar-refractivity contribution is 5.80. The number of rotatable bonds is 3. The first-order valence-electron chi connectivity index (χ1n) is 5.84. The molecule has 6 nitrogen and oxygen atoms in total. The quantitative estimate of drug-likeness (QED) is 0.655. The lowest BCUT2D eigenvalue weighted by Crippen LogP contribution is -2.45. The molecule has 0 bridgehead atoms. The monoisotopic (exact) mass is 250 g/mol. The Hall–Kier alpha value is -2.11. The minimum atomic E-state index is -0.923. The van der Waals surface area contributed by atoms with E-state index in [4.69, 9.17) is 0 Å². The molecule has 1 saturated heterocycles. The molecule has 1 aliphatic heterocycles. The van der Waals surface area contributed by atoms with Gasteiger partial charge < -0.3 is 10.0 Å². The zero-order valence-corrected chi connectivity index (χ0v) is 9.78. The Bertz CT molecular complexity index is 475. The molecule has 6 heteroatoms. The SMILES string of the molecule is O=C(O)[C@H]1CCCCN1c1ccccc1[N+](=O)[O-]. The highest BCUT2D eigenvalue weighted by atomic mass is 16.6. The number of hydrogen-bond donors (Lipinski definition) is 1. The number of nitro groups is 1. The number of benzene rings is 1. The number of aliphatic carboxylic acids is 1. The summed E-state index contributed by atoms with van der Waals surface area (Å²) in [6.07, 6.45) is 2.23. The van der Waals surface area contributed by atoms with Gasteiger partial charge in [-0.2, -0.15) is 0 Å². The lowest BCUT2D eigenvalue weighted by Gasteiger charge is -2.34. The third-order valence-electron chi connectivity index (χ3n) is 3.18. The molecule has 0 radical (unpaired) electrons. The van der Waals surface area contributed by atoms with E-state index >= 15 is 0 Å². The van der Waals surface area contributed by atoms with Crippen LogP contribution in [0.5, 0.6) is 0 Å². The van der Waals surface area contributed by atoms with Gasteiger partial charge in [-0.15, -0.1) is 0 Å². The van der Waals surface area contributed by atoms with E-state index in [0.717, 1.165) is 12.8 Å². The maximum atomic E-state index is 11.2. The van der Waals surface area contributed by atoms with Crippen molar-refractivity contribution in [1.29, 1.82) is 0 Å². The van der Waals surface area contributed by atoms with Crippen LogP contribution in [0.2, 0.25) is 0 Å². The number of carboxylic acid groups (broad SMARTS) is 1. The lowest BCUT2D eigenvalue weighted by molar-refractivity contribution is -0.384. The fraction of sp³-hybridized carbons (Fsp3) is 0.417. The van der Waals surface area contributed by atoms with Crippen LogP contribution < -0.4 is 4.90 Å². The molecule has 1 heterocycles. The summed E-state index contributed by atoms with van der Waals surface area (Å²) in [5.74, 6) is -0.923. The van der Waals surface area contributed by atoms with Gasteiger partial charge in [-0.3, -0.25) is 10.1 Å². The van der Waals surface area contributed by atoms with E-state index in [1.54, 1.807) is 23.1 Å². The van der Waals surface area contributed by atoms with E-state index in [2.05, 4.69) is 0 Å². The molecule has 1 atom stereocenters. The number of piperidine rings is 1. The molecule has 0 unspecified atom stereocenters. The maximum absolute atomic E-state index is 11.2. The minimum Gasteiger partial charge on any atom is -0.480 e. The van der Waals surface area contributed by atoms with E-state index in [1.807, 2.05) is 0 Å². The van der Waals surface area contributed by atoms with Crippen molar-refractivity contribution in [1.82, 2.24) is 0 Å². The Morgan fingerprint density at radius 1 is 1.39 bits per heavy atom. The smallest absolute Gasteiger partial charge is 0.326 e. The second-order valence-corrected chi connectivity index (χ2v) is 4.29. The van der Waals surface area contributed by atoms with Gasteiger partial charge in [0.05, 0.1) is 4.92 Å². The Morgan fingerprint density at radius 2 is 2.11 bits per heavy atom. The molecule has 1 N–H and O–H groups in total. The van der Waals surface area contributed by atoms with Crippen molar-refractivity contribution in [3.05, 3.63) is 34.4 Å². The number of nitro benzene ring substituents is 1. The molecule has 0 amide bonds. The van der Waals surface area contributed by atoms with E-state index in [1.165, 1.54) is 6.07 Å². The van der Waals surface area contributed by atoms with Crippen LogP contribution in [0.3, 0.4) is 0 Å². The first-order valence-corrected chi connectivity index (χ1v) is 5.84. The molecule has 18 heavy (non-hydrogen) atoms. The third kappa shape index (κ3) is 2.27. The summed E-state index contributed by atoms with van der Waals surface area (Å²) in [4.78, 5) is 23.3. The fourth-order valence-corrected chi connectivity index (χ4v) is 2.34. The van der Waals surface area contributed by atoms with Crippen molar-refractivity contribution in [3.8, 4) is 0 Å². The van der Waals surface area contributed by atoms with Crippen LogP contribution in [-0.4, -0.2) is 28.6 Å². The third-order valence-corrected chi connectivity index (χ3v) is 3.18. The lowest BCUT2D eigenvalue weighted by atomic mass is 10.0. The molecule has 96 valence electrons. The first-order chi connectivity index (χ1) is 8.61. The van der Waals surface area contributed by atoms with Crippen LogP contribution in [0, 0.1) is 10.1 Å². The predicted octanol–water partition coefficient (Wildman–Crippen LogP) is 2.04. The molecule has 2 rings (SSSR count). The van der Waals surface area contributed by atoms with Crippen LogP contribution >= 0.6 is 0 Å². The topological polar surface area (TPSA) is 83.7 Å². The largest absolute Gasteiger partial charge is 0.480 e. The van der Waals surface area contributed by atoms with Crippen LogP contribution in [0.25, 0.3) is 0 Å². The van der Waals surface area contributed by atoms with Gasteiger partial charge >= 0.3 is 5.97 Å². The van der Waals surface area contributed by atoms with E-state index < -0.39 is 16.9 Å². The van der Waals surface area contributed by atoms with Gasteiger partial charge in [-0.25, -0.2) is 4.79 Å². The van der Waals surface area contributed by atoms with E-state index in [9.17, 15) is 20.0 Å². The summed E-state index contributed by atoms with van der Waals surface area (Å²) in [6.45, 7) is 0.543. The van der Waals surface area contributed by atoms with Gasteiger partial charge in [0.1, 0.15) is 11.7 Å². The van der Waals surface area contributed by atoms with Gasteiger partial charge in [0.15, 0.2) is 0 Å². The van der Waals surface area contributed by atoms with Crippen molar-refractivity contribution in [2.45, 2.75) is 25.3 Å². The van der Waals surface area contributed by atoms with Crippen molar-refractivity contribution < 1.29 is 14.8 Å². The van der Waals surface area contributed by atoms with Crippen molar-refractivity contribution in [3.63, 3.8) is 0 Å². The number of anilines is 1. The molecule has 1 fully saturated rings. The van der Waals surface area contributed by atoms with Crippen molar-refractivity contribution in [2.75, 3.05) is 11.4 Å². The molecule has 1 aliphatic rings. The summed E-state index contributed by atoms with van der Waals surface area (Å²) >= 11 is 0. The number of carboxylic acids is 1. The standard InChI is InChI=1S/C12H14N2O4/c15-12(16)11-7-3-4-8-13(11)9-5-1-2-6-10(9)14(17)18/h1-2,5-6,11H,3-4,7-8H2,(H,15,16)/t11-/m1/s1. The molecule has 0 saturated carbocycles. The summed E-state index contributed by atoms with van der Waals surface area (Å²) in [5.41, 5.74) is 0.361. The highest BCUT2D eigenvalue weighted by Crippen LogP contribution is 2.32. The van der Waals surface area contributed by atoms with Crippen LogP contribution in [0.15, 0.2) is 24.3 Å². The first kappa shape index (κ1) is 12.3. The molecular formula is C12H14N2O4. The number of nitrogens with zero attached hydrogens (tertiary/aromatic N) is 2. The number of carbonyl (C=O) groups is 1. The number of para-hydroxylation sites is 2. The van der Waals surface area contributed by atoms with Crippen LogP contribution in [-0.2, 0) is 4.79 Å². The average molecular weight is 250 g/mol. The summed E-state index contributed by atoms with van der Waals surface area (Å²) < 4.78 is 0. The Labute approximate surface area is 104 Å². The van der Waals surface area contributed by atoms with Crippen molar-refractivity contribution >= 4 is 17.3 Å². The van der Waals surface area contributed by atoms with Crippen molar-refractivity contribution in [2.24, 2.45) is 0 Å². The Morgan fingerprint density at radius 3 is 2.78 bits per heavy atom. The predicted molar refractivity (Wildman–Crippen MR) is 65.7 cm³/mol. The summed E-state index contributed by atoms with van der Waals surface area (Å²) in [7, 11) is 0. The van der Waals surface area contributed by atoms with Crippen LogP contribution in [0.1, 0.15) is 19.3 Å². The van der Waals surface area contributed by atoms with Crippen LogP contribution in [0.4, 0.5) is 11.4 Å². The second-order valence-electron chi connectivity index (χ2n) is 4.29. The van der Waals surface area contributed by atoms with Gasteiger partial charge in [0, 0.05) is 12.6 Å². The molecule has 0 aromatic heterocycles. The average Bonchev–Trinajstić information content (AvgIpc) is 2.38. The highest BCUT2D eigenvalue weighted by Gasteiger charge is 2.32. The Balaban J connectivity index is 2.39. The zero-order valence-electron chi connectivity index (χ0n) is 9.78. The fourth-order valence-electron chi connectivity index (χ4n) is 2.34. The second kappa shape index (κ2) is 5.03. The molecule has 0 aliphatic carbocycles. The molecule has 1 aromatic rings. The van der Waals surface area contributed by atoms with E-state index in [-0.39, 0.29) is 5.69 Å². The number of hydrogen-bond acceptors (Lipinski definition) is 4. The zero-order chi connectivity index (χ0) is 13.1. The summed E-state index contributed by atoms with van der Waals surface area (Å²) in [6, 6.07) is 5.62. The van der Waals surface area contributed by atoms with Gasteiger partial charge in [0.2, 0.25) is 0 Å². The van der Waals surface area contributed by atoms with Gasteiger partial charge in [-0.05, 0) is 25.3 Å². The van der Waals surface area contributed by atoms with Gasteiger partial charge in [-0.1, -0.05) is 12.1 Å². The Kier molecular flexibility index (Phi) is 3.45. The normalized spacial score (nSPS) is 19.6. The maximum Gasteiger partial charge on any atom is 0.326 e.